The van der Waals surface area contributed by atoms with E-state index in [4.69, 9.17) is 0 Å². The van der Waals surface area contributed by atoms with Gasteiger partial charge in [0.1, 0.15) is 0 Å². The van der Waals surface area contributed by atoms with Crippen molar-refractivity contribution < 1.29 is 0 Å². The van der Waals surface area contributed by atoms with Crippen molar-refractivity contribution in [2.45, 2.75) is 6.04 Å². The van der Waals surface area contributed by atoms with Gasteiger partial charge in [0.05, 0.1) is 6.04 Å². The van der Waals surface area contributed by atoms with Crippen LogP contribution < -0.4 is 5.32 Å². The molecule has 1 aliphatic rings. The molecule has 2 aromatic heterocycles. The van der Waals surface area contributed by atoms with Gasteiger partial charge in [0.25, 0.3) is 0 Å². The Balaban J connectivity index is 1.96. The lowest BCUT2D eigenvalue weighted by molar-refractivity contribution is 0.195. The van der Waals surface area contributed by atoms with E-state index in [1.165, 1.54) is 10.6 Å². The van der Waals surface area contributed by atoms with E-state index in [0.717, 1.165) is 26.2 Å². The lowest BCUT2D eigenvalue weighted by atomic mass is 10.1. The molecule has 3 heterocycles. The highest BCUT2D eigenvalue weighted by Gasteiger charge is 2.26. The zero-order valence-electron chi connectivity index (χ0n) is 10.7. The molecule has 0 saturated carbocycles. The highest BCUT2D eigenvalue weighted by molar-refractivity contribution is 7.10. The normalized spacial score (nSPS) is 18.9. The topological polar surface area (TPSA) is 20.2 Å². The number of rotatable bonds is 3. The van der Waals surface area contributed by atoms with Gasteiger partial charge in [-0.15, -0.1) is 11.3 Å². The third-order valence-corrected chi connectivity index (χ3v) is 4.52. The van der Waals surface area contributed by atoms with Gasteiger partial charge < -0.3 is 9.88 Å². The fourth-order valence-corrected chi connectivity index (χ4v) is 3.53. The van der Waals surface area contributed by atoms with E-state index >= 15 is 0 Å². The summed E-state index contributed by atoms with van der Waals surface area (Å²) in [6, 6.07) is 9.19. The van der Waals surface area contributed by atoms with Gasteiger partial charge in [-0.2, -0.15) is 0 Å². The molecule has 3 nitrogen and oxygen atoms in total. The first-order valence-electron chi connectivity index (χ1n) is 6.45. The van der Waals surface area contributed by atoms with E-state index < -0.39 is 0 Å². The quantitative estimate of drug-likeness (QED) is 0.913. The lowest BCUT2D eigenvalue weighted by Gasteiger charge is -2.34. The van der Waals surface area contributed by atoms with Crippen molar-refractivity contribution >= 4 is 11.3 Å². The molecular weight excluding hydrogens is 242 g/mol. The Kier molecular flexibility index (Phi) is 3.50. The first kappa shape index (κ1) is 12.0. The average Bonchev–Trinajstić information content (AvgIpc) is 3.05. The molecule has 0 unspecified atom stereocenters. The molecule has 0 radical (unpaired) electrons. The molecule has 1 atom stereocenters. The molecule has 1 N–H and O–H groups in total. The smallest absolute Gasteiger partial charge is 0.0850 e. The minimum Gasteiger partial charge on any atom is -0.353 e. The average molecular weight is 261 g/mol. The molecule has 0 bridgehead atoms. The Hall–Kier alpha value is -1.10. The Labute approximate surface area is 112 Å². The maximum Gasteiger partial charge on any atom is 0.0850 e. The van der Waals surface area contributed by atoms with Gasteiger partial charge in [-0.3, -0.25) is 4.90 Å². The number of aromatic nitrogens is 1. The molecule has 0 aromatic carbocycles. The van der Waals surface area contributed by atoms with E-state index in [0.29, 0.717) is 6.04 Å². The standard InChI is InChI=1S/C14H19N3S/c1-16-8-2-4-12(16)14(13-5-3-11-18-13)17-9-6-15-7-10-17/h2-5,8,11,14-15H,6-7,9-10H2,1H3/t14-/m1/s1. The number of piperazine rings is 1. The van der Waals surface area contributed by atoms with Crippen molar-refractivity contribution in [3.05, 3.63) is 46.4 Å². The van der Waals surface area contributed by atoms with E-state index in [9.17, 15) is 0 Å². The maximum absolute atomic E-state index is 3.43. The number of nitrogens with one attached hydrogen (secondary N) is 1. The van der Waals surface area contributed by atoms with E-state index in [1.54, 1.807) is 0 Å². The van der Waals surface area contributed by atoms with Crippen LogP contribution in [0.5, 0.6) is 0 Å². The summed E-state index contributed by atoms with van der Waals surface area (Å²) in [6.07, 6.45) is 2.14. The second-order valence-corrected chi connectivity index (χ2v) is 5.73. The van der Waals surface area contributed by atoms with Gasteiger partial charge in [-0.25, -0.2) is 0 Å². The molecule has 2 aromatic rings. The number of nitrogens with zero attached hydrogens (tertiary/aromatic N) is 2. The Morgan fingerprint density at radius 3 is 2.67 bits per heavy atom. The molecule has 1 saturated heterocycles. The largest absolute Gasteiger partial charge is 0.353 e. The predicted molar refractivity (Wildman–Crippen MR) is 76.0 cm³/mol. The number of aryl methyl sites for hydroxylation is 1. The van der Waals surface area contributed by atoms with Crippen molar-refractivity contribution in [2.75, 3.05) is 26.2 Å². The summed E-state index contributed by atoms with van der Waals surface area (Å²) in [4.78, 5) is 4.02. The number of hydrogen-bond donors (Lipinski definition) is 1. The summed E-state index contributed by atoms with van der Waals surface area (Å²) >= 11 is 1.86. The summed E-state index contributed by atoms with van der Waals surface area (Å²) in [5.41, 5.74) is 1.39. The molecule has 18 heavy (non-hydrogen) atoms. The Bertz CT molecular complexity index is 483. The minimum atomic E-state index is 0.409. The van der Waals surface area contributed by atoms with Gasteiger partial charge in [0.2, 0.25) is 0 Å². The number of hydrogen-bond acceptors (Lipinski definition) is 3. The van der Waals surface area contributed by atoms with Crippen LogP contribution in [-0.2, 0) is 7.05 Å². The van der Waals surface area contributed by atoms with Crippen molar-refractivity contribution in [1.29, 1.82) is 0 Å². The zero-order chi connectivity index (χ0) is 12.4. The zero-order valence-corrected chi connectivity index (χ0v) is 11.5. The van der Waals surface area contributed by atoms with Gasteiger partial charge in [-0.05, 0) is 23.6 Å². The molecule has 1 fully saturated rings. The van der Waals surface area contributed by atoms with E-state index in [1.807, 2.05) is 11.3 Å². The SMILES string of the molecule is Cn1cccc1[C@H](c1cccs1)N1CCNCC1. The number of thiophene rings is 1. The molecule has 0 amide bonds. The predicted octanol–water partition coefficient (Wildman–Crippen LogP) is 2.08. The summed E-state index contributed by atoms with van der Waals surface area (Å²) in [5.74, 6) is 0. The van der Waals surface area contributed by atoms with Crippen LogP contribution in [0, 0.1) is 0 Å². The third kappa shape index (κ3) is 2.23. The van der Waals surface area contributed by atoms with Gasteiger partial charge in [-0.1, -0.05) is 6.07 Å². The van der Waals surface area contributed by atoms with Crippen molar-refractivity contribution in [1.82, 2.24) is 14.8 Å². The van der Waals surface area contributed by atoms with Crippen LogP contribution in [-0.4, -0.2) is 35.6 Å². The van der Waals surface area contributed by atoms with Crippen molar-refractivity contribution in [2.24, 2.45) is 7.05 Å². The molecule has 1 aliphatic heterocycles. The second kappa shape index (κ2) is 5.26. The third-order valence-electron chi connectivity index (χ3n) is 3.59. The summed E-state index contributed by atoms with van der Waals surface area (Å²) < 4.78 is 2.24. The van der Waals surface area contributed by atoms with Gasteiger partial charge in [0.15, 0.2) is 0 Å². The van der Waals surface area contributed by atoms with Crippen LogP contribution >= 0.6 is 11.3 Å². The Morgan fingerprint density at radius 1 is 1.22 bits per heavy atom. The molecule has 0 aliphatic carbocycles. The van der Waals surface area contributed by atoms with Crippen LogP contribution in [0.4, 0.5) is 0 Å². The van der Waals surface area contributed by atoms with Crippen LogP contribution in [0.25, 0.3) is 0 Å². The van der Waals surface area contributed by atoms with Gasteiger partial charge >= 0.3 is 0 Å². The maximum atomic E-state index is 3.43. The molecule has 3 rings (SSSR count). The van der Waals surface area contributed by atoms with Crippen LogP contribution in [0.2, 0.25) is 0 Å². The summed E-state index contributed by atoms with van der Waals surface area (Å²) in [7, 11) is 2.14. The van der Waals surface area contributed by atoms with Crippen LogP contribution in [0.1, 0.15) is 16.6 Å². The van der Waals surface area contributed by atoms with E-state index in [2.05, 4.69) is 57.7 Å². The Morgan fingerprint density at radius 2 is 2.06 bits per heavy atom. The minimum absolute atomic E-state index is 0.409. The first-order valence-corrected chi connectivity index (χ1v) is 7.33. The monoisotopic (exact) mass is 261 g/mol. The van der Waals surface area contributed by atoms with Crippen LogP contribution in [0.15, 0.2) is 35.8 Å². The molecule has 4 heteroatoms. The molecule has 0 spiro atoms. The van der Waals surface area contributed by atoms with E-state index in [-0.39, 0.29) is 0 Å². The molecular formula is C14H19N3S. The highest BCUT2D eigenvalue weighted by atomic mass is 32.1. The summed E-state index contributed by atoms with van der Waals surface area (Å²) in [6.45, 7) is 4.42. The van der Waals surface area contributed by atoms with Gasteiger partial charge in [0, 0.05) is 50.0 Å². The highest BCUT2D eigenvalue weighted by Crippen LogP contribution is 2.31. The fourth-order valence-electron chi connectivity index (χ4n) is 2.66. The summed E-state index contributed by atoms with van der Waals surface area (Å²) in [5, 5.41) is 5.60. The lowest BCUT2D eigenvalue weighted by Crippen LogP contribution is -2.45. The van der Waals surface area contributed by atoms with Crippen molar-refractivity contribution in [3.8, 4) is 0 Å². The second-order valence-electron chi connectivity index (χ2n) is 4.75. The first-order chi connectivity index (χ1) is 8.86. The van der Waals surface area contributed by atoms with Crippen molar-refractivity contribution in [3.63, 3.8) is 0 Å². The van der Waals surface area contributed by atoms with Crippen LogP contribution in [0.3, 0.4) is 0 Å². The molecule has 96 valence electrons. The fraction of sp³-hybridized carbons (Fsp3) is 0.429.